The summed E-state index contributed by atoms with van der Waals surface area (Å²) >= 11 is 0. The molecule has 7 nitrogen and oxygen atoms in total. The van der Waals surface area contributed by atoms with E-state index < -0.39 is 29.7 Å². The molecule has 0 spiro atoms. The third kappa shape index (κ3) is 5.16. The summed E-state index contributed by atoms with van der Waals surface area (Å²) in [4.78, 5) is 22.7. The molecule has 2 saturated heterocycles. The Morgan fingerprint density at radius 1 is 1.15 bits per heavy atom. The molecule has 3 unspecified atom stereocenters. The zero-order valence-electron chi connectivity index (χ0n) is 22.9. The Labute approximate surface area is 230 Å². The number of hydrogen-bond donors (Lipinski definition) is 2. The molecule has 4 heterocycles. The monoisotopic (exact) mass is 553 g/mol. The summed E-state index contributed by atoms with van der Waals surface area (Å²) < 4.78 is 50.8. The highest BCUT2D eigenvalue weighted by atomic mass is 19.1. The maximum absolute atomic E-state index is 14.7. The van der Waals surface area contributed by atoms with Crippen LogP contribution in [0.5, 0.6) is 0 Å². The average Bonchev–Trinajstić information content (AvgIpc) is 3.65. The minimum absolute atomic E-state index is 0.0551. The van der Waals surface area contributed by atoms with Crippen molar-refractivity contribution in [3.63, 3.8) is 0 Å². The van der Waals surface area contributed by atoms with Gasteiger partial charge in [0.25, 0.3) is 0 Å². The third-order valence-electron chi connectivity index (χ3n) is 7.80. The van der Waals surface area contributed by atoms with Crippen molar-refractivity contribution >= 4 is 28.0 Å². The molecule has 4 aromatic rings. The van der Waals surface area contributed by atoms with Crippen LogP contribution in [0.4, 0.5) is 18.0 Å². The lowest BCUT2D eigenvalue weighted by atomic mass is 10.0. The van der Waals surface area contributed by atoms with Crippen LogP contribution in [0.15, 0.2) is 36.4 Å². The molecule has 0 radical (unpaired) electrons. The number of benzene rings is 2. The van der Waals surface area contributed by atoms with Gasteiger partial charge in [-0.2, -0.15) is 0 Å². The number of H-pyrrole nitrogens is 1. The van der Waals surface area contributed by atoms with E-state index in [4.69, 9.17) is 9.72 Å². The van der Waals surface area contributed by atoms with Crippen LogP contribution in [0.2, 0.25) is 0 Å². The molecule has 0 bridgehead atoms. The molecule has 2 aliphatic heterocycles. The quantitative estimate of drug-likeness (QED) is 0.313. The number of aromatic nitrogens is 3. The van der Waals surface area contributed by atoms with Crippen LogP contribution < -0.4 is 5.32 Å². The number of fused-ring (bicyclic) bond motifs is 2. The molecule has 212 valence electrons. The fraction of sp³-hybridized carbons (Fsp3) is 0.467. The number of alkyl halides is 1. The Hall–Kier alpha value is -3.53. The minimum Gasteiger partial charge on any atom is -0.444 e. The van der Waals surface area contributed by atoms with Gasteiger partial charge in [0.05, 0.1) is 29.3 Å². The maximum Gasteiger partial charge on any atom is 0.410 e. The first-order chi connectivity index (χ1) is 19.1. The Kier molecular flexibility index (Phi) is 6.76. The number of amides is 1. The molecule has 3 atom stereocenters. The van der Waals surface area contributed by atoms with Gasteiger partial charge in [-0.05, 0) is 82.5 Å². The first-order valence-corrected chi connectivity index (χ1v) is 13.9. The Morgan fingerprint density at radius 3 is 2.67 bits per heavy atom. The number of hydrogen-bond acceptors (Lipinski definition) is 4. The lowest BCUT2D eigenvalue weighted by Crippen LogP contribution is -2.41. The predicted octanol–water partition coefficient (Wildman–Crippen LogP) is 6.10. The van der Waals surface area contributed by atoms with Crippen molar-refractivity contribution < 1.29 is 22.7 Å². The van der Waals surface area contributed by atoms with Gasteiger partial charge in [0.1, 0.15) is 23.4 Å². The van der Waals surface area contributed by atoms with Crippen LogP contribution in [0.1, 0.15) is 45.6 Å². The first-order valence-electron chi connectivity index (χ1n) is 13.9. The number of rotatable bonds is 5. The van der Waals surface area contributed by atoms with Gasteiger partial charge in [0.15, 0.2) is 5.82 Å². The molecule has 40 heavy (non-hydrogen) atoms. The van der Waals surface area contributed by atoms with Gasteiger partial charge >= 0.3 is 6.09 Å². The second kappa shape index (κ2) is 10.1. The summed E-state index contributed by atoms with van der Waals surface area (Å²) in [5.74, 6) is -0.233. The van der Waals surface area contributed by atoms with Gasteiger partial charge in [-0.25, -0.2) is 22.9 Å². The first kappa shape index (κ1) is 26.7. The van der Waals surface area contributed by atoms with E-state index in [1.54, 1.807) is 32.9 Å². The summed E-state index contributed by atoms with van der Waals surface area (Å²) in [7, 11) is 0. The van der Waals surface area contributed by atoms with Crippen molar-refractivity contribution in [1.29, 1.82) is 0 Å². The van der Waals surface area contributed by atoms with Crippen LogP contribution >= 0.6 is 0 Å². The van der Waals surface area contributed by atoms with Crippen molar-refractivity contribution in [3.8, 4) is 11.5 Å². The average molecular weight is 554 g/mol. The molecule has 2 aromatic carbocycles. The molecule has 2 aliphatic rings. The summed E-state index contributed by atoms with van der Waals surface area (Å²) in [6.07, 6.45) is 1.22. The van der Waals surface area contributed by atoms with E-state index in [-0.39, 0.29) is 31.4 Å². The zero-order chi connectivity index (χ0) is 28.2. The van der Waals surface area contributed by atoms with E-state index in [9.17, 15) is 18.0 Å². The lowest BCUT2D eigenvalue weighted by Gasteiger charge is -2.29. The number of nitrogens with zero attached hydrogens (tertiary/aromatic N) is 3. The van der Waals surface area contributed by atoms with Crippen LogP contribution in [0.3, 0.4) is 0 Å². The van der Waals surface area contributed by atoms with Crippen molar-refractivity contribution in [2.75, 3.05) is 13.1 Å². The van der Waals surface area contributed by atoms with Crippen LogP contribution in [-0.2, 0) is 17.7 Å². The number of carbonyl (C=O) groups is 1. The minimum atomic E-state index is -1.19. The standard InChI is InChI=1S/C30H34F3N5O2/c1-30(2,3)40-29(39)37-15-19(33)11-21(37)16-38-26-9-7-18(32)13-25(26)36-28(38)27-23(14-20-5-4-10-34-20)22-8-6-17(31)12-24(22)35-27/h6-9,12-13,19-21,34-35H,4-5,10-11,14-16H2,1-3H3. The Bertz CT molecular complexity index is 1570. The smallest absolute Gasteiger partial charge is 0.410 e. The summed E-state index contributed by atoms with van der Waals surface area (Å²) in [5, 5.41) is 4.43. The number of likely N-dealkylation sites (tertiary alicyclic amines) is 1. The molecule has 2 N–H and O–H groups in total. The topological polar surface area (TPSA) is 75.2 Å². The molecule has 2 aromatic heterocycles. The molecular formula is C30H34F3N5O2. The molecule has 1 amide bonds. The summed E-state index contributed by atoms with van der Waals surface area (Å²) in [6.45, 7) is 6.46. The molecule has 0 aliphatic carbocycles. The number of aromatic amines is 1. The number of nitrogens with one attached hydrogen (secondary N) is 2. The normalized spacial score (nSPS) is 21.6. The van der Waals surface area contributed by atoms with Crippen LogP contribution in [0.25, 0.3) is 33.5 Å². The summed E-state index contributed by atoms with van der Waals surface area (Å²) in [5.41, 5.74) is 2.74. The second-order valence-corrected chi connectivity index (χ2v) is 12.0. The molecule has 6 rings (SSSR count). The number of imidazole rings is 1. The van der Waals surface area contributed by atoms with Crippen molar-refractivity contribution in [2.45, 2.75) is 76.9 Å². The van der Waals surface area contributed by atoms with Crippen LogP contribution in [-0.4, -0.2) is 62.5 Å². The van der Waals surface area contributed by atoms with E-state index in [0.29, 0.717) is 34.5 Å². The molecule has 0 saturated carbocycles. The van der Waals surface area contributed by atoms with E-state index in [0.717, 1.165) is 30.3 Å². The number of ether oxygens (including phenoxy) is 1. The highest BCUT2D eigenvalue weighted by Gasteiger charge is 2.39. The van der Waals surface area contributed by atoms with E-state index in [1.165, 1.54) is 29.2 Å². The van der Waals surface area contributed by atoms with Gasteiger partial charge in [-0.15, -0.1) is 0 Å². The maximum atomic E-state index is 14.7. The summed E-state index contributed by atoms with van der Waals surface area (Å²) in [6, 6.07) is 8.85. The van der Waals surface area contributed by atoms with Crippen molar-refractivity contribution in [3.05, 3.63) is 53.6 Å². The van der Waals surface area contributed by atoms with Gasteiger partial charge in [-0.3, -0.25) is 0 Å². The van der Waals surface area contributed by atoms with E-state index in [1.807, 2.05) is 4.57 Å². The van der Waals surface area contributed by atoms with E-state index in [2.05, 4.69) is 10.3 Å². The van der Waals surface area contributed by atoms with Crippen LogP contribution in [0, 0.1) is 11.6 Å². The fourth-order valence-electron chi connectivity index (χ4n) is 6.07. The van der Waals surface area contributed by atoms with E-state index >= 15 is 0 Å². The van der Waals surface area contributed by atoms with Crippen molar-refractivity contribution in [2.24, 2.45) is 0 Å². The second-order valence-electron chi connectivity index (χ2n) is 12.0. The predicted molar refractivity (Wildman–Crippen MR) is 148 cm³/mol. The number of halogens is 3. The molecular weight excluding hydrogens is 519 g/mol. The van der Waals surface area contributed by atoms with Gasteiger partial charge < -0.3 is 24.5 Å². The Morgan fingerprint density at radius 2 is 1.93 bits per heavy atom. The Balaban J connectivity index is 1.47. The largest absolute Gasteiger partial charge is 0.444 e. The SMILES string of the molecule is CC(C)(C)OC(=O)N1CC(F)CC1Cn1c(-c2[nH]c3cc(F)ccc3c2CC2CCCN2)nc2cc(F)ccc21. The molecule has 2 fully saturated rings. The van der Waals surface area contributed by atoms with Gasteiger partial charge in [0.2, 0.25) is 0 Å². The molecule has 10 heteroatoms. The highest BCUT2D eigenvalue weighted by Crippen LogP contribution is 2.36. The lowest BCUT2D eigenvalue weighted by molar-refractivity contribution is 0.0207. The highest BCUT2D eigenvalue weighted by molar-refractivity contribution is 5.91. The van der Waals surface area contributed by atoms with Gasteiger partial charge in [0, 0.05) is 36.0 Å². The van der Waals surface area contributed by atoms with Crippen molar-refractivity contribution in [1.82, 2.24) is 24.8 Å². The number of carbonyl (C=O) groups excluding carboxylic acids is 1. The zero-order valence-corrected chi connectivity index (χ0v) is 22.9. The third-order valence-corrected chi connectivity index (χ3v) is 7.80. The fourth-order valence-corrected chi connectivity index (χ4v) is 6.07. The van der Waals surface area contributed by atoms with Gasteiger partial charge in [-0.1, -0.05) is 0 Å².